The van der Waals surface area contributed by atoms with Gasteiger partial charge >= 0.3 is 5.97 Å². The van der Waals surface area contributed by atoms with Crippen LogP contribution >= 0.6 is 0 Å². The van der Waals surface area contributed by atoms with Gasteiger partial charge in [0.2, 0.25) is 0 Å². The first-order valence-electron chi connectivity index (χ1n) is 3.44. The summed E-state index contributed by atoms with van der Waals surface area (Å²) < 4.78 is 0. The largest absolute Gasteiger partial charge is 0.481 e. The molecule has 0 atom stereocenters. The predicted molar refractivity (Wildman–Crippen MR) is 39.8 cm³/mol. The first kappa shape index (κ1) is 8.45. The molecule has 1 heterocycles. The first-order valence-corrected chi connectivity index (χ1v) is 3.44. The fourth-order valence-electron chi connectivity index (χ4n) is 0.766. The smallest absolute Gasteiger partial charge is 0.303 e. The fourth-order valence-corrected chi connectivity index (χ4v) is 0.766. The van der Waals surface area contributed by atoms with Crippen LogP contribution < -0.4 is 0 Å². The van der Waals surface area contributed by atoms with Gasteiger partial charge in [-0.25, -0.2) is 0 Å². The Kier molecular flexibility index (Phi) is 2.57. The number of nitrogens with one attached hydrogen (secondary N) is 1. The Labute approximate surface area is 68.4 Å². The zero-order valence-electron chi connectivity index (χ0n) is 6.28. The number of carbonyl (C=O) groups is 2. The van der Waals surface area contributed by atoms with Crippen molar-refractivity contribution in [2.45, 2.75) is 12.8 Å². The number of aromatic amines is 1. The number of Topliss-reactive ketones (excluding diaryl/α,β-unsaturated/α-hetero) is 1. The molecule has 64 valence electrons. The molecular weight excluding hydrogens is 160 g/mol. The summed E-state index contributed by atoms with van der Waals surface area (Å²) >= 11 is 0. The van der Waals surface area contributed by atoms with Crippen molar-refractivity contribution in [3.05, 3.63) is 18.0 Å². The Balaban J connectivity index is 2.45. The molecule has 1 rings (SSSR count). The number of hydrogen-bond acceptors (Lipinski definition) is 3. The van der Waals surface area contributed by atoms with Gasteiger partial charge in [-0.1, -0.05) is 0 Å². The average Bonchev–Trinajstić information content (AvgIpc) is 2.51. The quantitative estimate of drug-likeness (QED) is 0.639. The molecule has 0 aromatic carbocycles. The van der Waals surface area contributed by atoms with Crippen LogP contribution in [0.3, 0.4) is 0 Å². The minimum atomic E-state index is -0.970. The van der Waals surface area contributed by atoms with Crippen LogP contribution in [0.1, 0.15) is 23.3 Å². The molecule has 0 spiro atoms. The Morgan fingerprint density at radius 1 is 1.50 bits per heavy atom. The van der Waals surface area contributed by atoms with Crippen LogP contribution in [0.5, 0.6) is 0 Å². The number of carbonyl (C=O) groups excluding carboxylic acids is 1. The summed E-state index contributed by atoms with van der Waals surface area (Å²) in [6.45, 7) is 0. The van der Waals surface area contributed by atoms with Gasteiger partial charge in [0.15, 0.2) is 5.78 Å². The number of carboxylic acid groups (broad SMARTS) is 1. The van der Waals surface area contributed by atoms with Crippen molar-refractivity contribution in [2.75, 3.05) is 0 Å². The molecule has 2 N–H and O–H groups in total. The van der Waals surface area contributed by atoms with Crippen LogP contribution in [0.2, 0.25) is 0 Å². The molecule has 0 fully saturated rings. The number of rotatable bonds is 4. The predicted octanol–water partition coefficient (Wildman–Crippen LogP) is 0.457. The van der Waals surface area contributed by atoms with E-state index in [9.17, 15) is 9.59 Å². The lowest BCUT2D eigenvalue weighted by atomic mass is 10.2. The summed E-state index contributed by atoms with van der Waals surface area (Å²) in [4.78, 5) is 21.2. The summed E-state index contributed by atoms with van der Waals surface area (Å²) in [6.07, 6.45) is 1.32. The maximum absolute atomic E-state index is 11.1. The molecule has 0 saturated heterocycles. The van der Waals surface area contributed by atoms with Gasteiger partial charge in [-0.3, -0.25) is 14.7 Å². The molecule has 0 aliphatic heterocycles. The van der Waals surface area contributed by atoms with E-state index in [0.29, 0.717) is 5.69 Å². The maximum Gasteiger partial charge on any atom is 0.303 e. The number of H-pyrrole nitrogens is 1. The van der Waals surface area contributed by atoms with E-state index in [-0.39, 0.29) is 18.6 Å². The van der Waals surface area contributed by atoms with Crippen molar-refractivity contribution in [1.82, 2.24) is 10.2 Å². The monoisotopic (exact) mass is 168 g/mol. The number of hydrogen-bond donors (Lipinski definition) is 2. The molecule has 0 saturated carbocycles. The van der Waals surface area contributed by atoms with Gasteiger partial charge in [0, 0.05) is 12.6 Å². The Morgan fingerprint density at radius 2 is 2.25 bits per heavy atom. The van der Waals surface area contributed by atoms with Gasteiger partial charge in [-0.15, -0.1) is 0 Å². The lowest BCUT2D eigenvalue weighted by Gasteiger charge is -1.92. The van der Waals surface area contributed by atoms with Gasteiger partial charge in [0.25, 0.3) is 0 Å². The molecule has 5 nitrogen and oxygen atoms in total. The average molecular weight is 168 g/mol. The van der Waals surface area contributed by atoms with Crippen molar-refractivity contribution in [2.24, 2.45) is 0 Å². The van der Waals surface area contributed by atoms with Crippen molar-refractivity contribution in [3.63, 3.8) is 0 Å². The lowest BCUT2D eigenvalue weighted by Crippen LogP contribution is -2.03. The number of aliphatic carboxylic acids is 1. The van der Waals surface area contributed by atoms with E-state index in [1.807, 2.05) is 0 Å². The number of nitrogens with zero attached hydrogens (tertiary/aromatic N) is 1. The molecule has 5 heteroatoms. The van der Waals surface area contributed by atoms with Crippen LogP contribution in [-0.2, 0) is 4.79 Å². The molecule has 1 aromatic rings. The summed E-state index contributed by atoms with van der Waals surface area (Å²) in [6, 6.07) is 1.52. The highest BCUT2D eigenvalue weighted by molar-refractivity contribution is 5.95. The van der Waals surface area contributed by atoms with Crippen LogP contribution in [0, 0.1) is 0 Å². The molecule has 0 radical (unpaired) electrons. The van der Waals surface area contributed by atoms with Crippen LogP contribution in [0.25, 0.3) is 0 Å². The van der Waals surface area contributed by atoms with E-state index in [2.05, 4.69) is 10.2 Å². The highest BCUT2D eigenvalue weighted by Gasteiger charge is 2.08. The van der Waals surface area contributed by atoms with Gasteiger partial charge in [-0.05, 0) is 6.07 Å². The molecule has 0 aliphatic rings. The topological polar surface area (TPSA) is 83.0 Å². The van der Waals surface area contributed by atoms with E-state index in [0.717, 1.165) is 0 Å². The van der Waals surface area contributed by atoms with Crippen LogP contribution in [0.4, 0.5) is 0 Å². The van der Waals surface area contributed by atoms with Gasteiger partial charge in [0.1, 0.15) is 5.69 Å². The highest BCUT2D eigenvalue weighted by atomic mass is 16.4. The van der Waals surface area contributed by atoms with Gasteiger partial charge < -0.3 is 5.11 Å². The third kappa shape index (κ3) is 2.19. The number of ketones is 1. The van der Waals surface area contributed by atoms with E-state index in [1.165, 1.54) is 12.3 Å². The second-order valence-electron chi connectivity index (χ2n) is 2.29. The first-order chi connectivity index (χ1) is 5.70. The van der Waals surface area contributed by atoms with Crippen molar-refractivity contribution in [3.8, 4) is 0 Å². The second-order valence-corrected chi connectivity index (χ2v) is 2.29. The van der Waals surface area contributed by atoms with Crippen LogP contribution in [0.15, 0.2) is 12.3 Å². The zero-order chi connectivity index (χ0) is 8.97. The molecule has 12 heavy (non-hydrogen) atoms. The third-order valence-corrected chi connectivity index (χ3v) is 1.37. The third-order valence-electron chi connectivity index (χ3n) is 1.37. The molecule has 0 amide bonds. The van der Waals surface area contributed by atoms with E-state index in [1.54, 1.807) is 0 Å². The zero-order valence-corrected chi connectivity index (χ0v) is 6.28. The van der Waals surface area contributed by atoms with Crippen LogP contribution in [-0.4, -0.2) is 27.1 Å². The number of aromatic nitrogens is 2. The minimum absolute atomic E-state index is 0.0114. The molecular formula is C7H8N2O3. The normalized spacial score (nSPS) is 9.67. The van der Waals surface area contributed by atoms with Crippen molar-refractivity contribution >= 4 is 11.8 Å². The van der Waals surface area contributed by atoms with E-state index >= 15 is 0 Å². The fraction of sp³-hybridized carbons (Fsp3) is 0.286. The van der Waals surface area contributed by atoms with E-state index < -0.39 is 5.97 Å². The maximum atomic E-state index is 11.1. The summed E-state index contributed by atoms with van der Waals surface area (Å²) in [5, 5.41) is 14.3. The highest BCUT2D eigenvalue weighted by Crippen LogP contribution is 2.00. The molecule has 0 unspecified atom stereocenters. The summed E-state index contributed by atoms with van der Waals surface area (Å²) in [7, 11) is 0. The Bertz CT molecular complexity index is 279. The van der Waals surface area contributed by atoms with Gasteiger partial charge in [0.05, 0.1) is 6.42 Å². The van der Waals surface area contributed by atoms with E-state index in [4.69, 9.17) is 5.11 Å². The van der Waals surface area contributed by atoms with Crippen molar-refractivity contribution in [1.29, 1.82) is 0 Å². The lowest BCUT2D eigenvalue weighted by molar-refractivity contribution is -0.136. The molecule has 0 aliphatic carbocycles. The standard InChI is InChI=1S/C7H8N2O3/c10-6(1-2-7(11)12)5-3-4-8-9-5/h3-4H,1-2H2,(H,8,9)(H,11,12). The second kappa shape index (κ2) is 3.66. The SMILES string of the molecule is O=C(O)CCC(=O)c1ccn[nH]1. The Hall–Kier alpha value is -1.65. The summed E-state index contributed by atoms with van der Waals surface area (Å²) in [5.74, 6) is -1.20. The Morgan fingerprint density at radius 3 is 2.75 bits per heavy atom. The summed E-state index contributed by atoms with van der Waals surface area (Å²) in [5.41, 5.74) is 0.358. The molecule has 1 aromatic heterocycles. The minimum Gasteiger partial charge on any atom is -0.481 e. The number of carboxylic acids is 1. The van der Waals surface area contributed by atoms with Gasteiger partial charge in [-0.2, -0.15) is 5.10 Å². The van der Waals surface area contributed by atoms with Crippen molar-refractivity contribution < 1.29 is 14.7 Å². The molecule has 0 bridgehead atoms.